The van der Waals surface area contributed by atoms with E-state index in [4.69, 9.17) is 5.73 Å². The molecule has 0 aliphatic heterocycles. The van der Waals surface area contributed by atoms with Crippen LogP contribution in [0.15, 0.2) is 12.1 Å². The topological polar surface area (TPSA) is 63.3 Å². The average Bonchev–Trinajstić information content (AvgIpc) is 2.20. The molecule has 0 fully saturated rings. The average molecular weight is 334 g/mol. The van der Waals surface area contributed by atoms with Crippen molar-refractivity contribution >= 4 is 12.0 Å². The van der Waals surface area contributed by atoms with Crippen LogP contribution in [-0.2, 0) is 43.1 Å². The number of anilines is 1. The van der Waals surface area contributed by atoms with Gasteiger partial charge in [-0.25, -0.2) is 0 Å². The van der Waals surface area contributed by atoms with E-state index in [2.05, 4.69) is 6.07 Å². The Morgan fingerprint density at radius 2 is 2.00 bits per heavy atom. The van der Waals surface area contributed by atoms with Crippen LogP contribution in [-0.4, -0.2) is 17.6 Å². The minimum atomic E-state index is -5.02. The second-order valence-electron chi connectivity index (χ2n) is 3.65. The van der Waals surface area contributed by atoms with E-state index in [0.717, 1.165) is 6.29 Å². The van der Waals surface area contributed by atoms with E-state index in [1.807, 2.05) is 0 Å². The minimum Gasteiger partial charge on any atom is -0.542 e. The molecule has 0 aromatic heterocycles. The third-order valence-corrected chi connectivity index (χ3v) is 2.33. The Morgan fingerprint density at radius 1 is 1.44 bits per heavy atom. The Labute approximate surface area is 127 Å². The number of halogens is 3. The molecule has 0 amide bonds. The summed E-state index contributed by atoms with van der Waals surface area (Å²) in [5.41, 5.74) is 1.50. The molecule has 0 bridgehead atoms. The van der Waals surface area contributed by atoms with Crippen molar-refractivity contribution in [2.24, 2.45) is 0 Å². The molecule has 1 rings (SSSR count). The van der Waals surface area contributed by atoms with E-state index >= 15 is 0 Å². The maximum atomic E-state index is 12.8. The van der Waals surface area contributed by atoms with Crippen LogP contribution < -0.4 is 5.73 Å². The van der Waals surface area contributed by atoms with Gasteiger partial charge in [-0.1, -0.05) is 12.6 Å². The molecule has 0 aliphatic rings. The zero-order valence-electron chi connectivity index (χ0n) is 9.51. The molecule has 0 saturated carbocycles. The minimum absolute atomic E-state index is 0. The van der Waals surface area contributed by atoms with Gasteiger partial charge in [-0.2, -0.15) is 30.9 Å². The Bertz CT molecular complexity index is 437. The van der Waals surface area contributed by atoms with Crippen molar-refractivity contribution in [3.8, 4) is 0 Å². The Morgan fingerprint density at radius 3 is 2.44 bits per heavy atom. The van der Waals surface area contributed by atoms with E-state index in [-0.39, 0.29) is 38.4 Å². The van der Waals surface area contributed by atoms with Crippen LogP contribution in [0.3, 0.4) is 0 Å². The molecule has 3 nitrogen and oxygen atoms in total. The molecule has 1 atom stereocenters. The summed E-state index contributed by atoms with van der Waals surface area (Å²) in [7, 11) is 0. The number of aliphatic hydroxyl groups is 1. The first-order valence-corrected chi connectivity index (χ1v) is 4.65. The van der Waals surface area contributed by atoms with Crippen molar-refractivity contribution < 1.29 is 55.8 Å². The predicted molar refractivity (Wildman–Crippen MR) is 54.7 cm³/mol. The molecule has 18 heavy (non-hydrogen) atoms. The van der Waals surface area contributed by atoms with E-state index < -0.39 is 23.8 Å². The quantitative estimate of drug-likeness (QED) is 0.652. The van der Waals surface area contributed by atoms with Gasteiger partial charge in [-0.05, 0) is 0 Å². The zero-order chi connectivity index (χ0) is 13.3. The van der Waals surface area contributed by atoms with Gasteiger partial charge < -0.3 is 15.6 Å². The van der Waals surface area contributed by atoms with Crippen molar-refractivity contribution in [2.75, 3.05) is 5.73 Å². The first-order chi connectivity index (χ1) is 7.72. The van der Waals surface area contributed by atoms with Gasteiger partial charge in [0.25, 0.3) is 0 Å². The molecule has 0 heterocycles. The normalized spacial score (nSPS) is 14.5. The molecule has 0 spiro atoms. The number of nitrogen functional groups attached to an aromatic ring is 1. The number of hydrogen-bond donors (Lipinski definition) is 2. The summed E-state index contributed by atoms with van der Waals surface area (Å²) >= 11 is 0. The summed E-state index contributed by atoms with van der Waals surface area (Å²) in [5, 5.41) is 9.63. The predicted octanol–water partition coefficient (Wildman–Crippen LogP) is 1.62. The van der Waals surface area contributed by atoms with Crippen LogP contribution in [0.4, 0.5) is 18.9 Å². The maximum absolute atomic E-state index is 12.8. The largest absolute Gasteiger partial charge is 0.542 e. The number of aryl methyl sites for hydroxylation is 1. The van der Waals surface area contributed by atoms with Gasteiger partial charge in [0.2, 0.25) is 0 Å². The summed E-state index contributed by atoms with van der Waals surface area (Å²) in [4.78, 5) is 10.2. The van der Waals surface area contributed by atoms with Gasteiger partial charge in [0.05, 0.1) is 0 Å². The van der Waals surface area contributed by atoms with Crippen molar-refractivity contribution in [3.63, 3.8) is 0 Å². The van der Waals surface area contributed by atoms with Gasteiger partial charge >= 0.3 is 6.18 Å². The number of alkyl halides is 3. The third-order valence-electron chi connectivity index (χ3n) is 2.33. The molecule has 0 aliphatic carbocycles. The fourth-order valence-electron chi connectivity index (χ4n) is 1.39. The molecule has 0 saturated heterocycles. The molecule has 1 aromatic rings. The van der Waals surface area contributed by atoms with Crippen LogP contribution in [0.1, 0.15) is 17.5 Å². The SMILES string of the molecule is Cc1[c-]c(C(O)(C[C-]=O)C(F)(F)F)c(N)cc1.[Y]. The monoisotopic (exact) mass is 334 g/mol. The van der Waals surface area contributed by atoms with Crippen molar-refractivity contribution in [2.45, 2.75) is 25.1 Å². The van der Waals surface area contributed by atoms with Gasteiger partial charge in [0.1, 0.15) is 5.60 Å². The van der Waals surface area contributed by atoms with Gasteiger partial charge in [-0.15, -0.1) is 18.1 Å². The molecule has 1 radical (unpaired) electrons. The molecule has 1 unspecified atom stereocenters. The van der Waals surface area contributed by atoms with Gasteiger partial charge in [0.15, 0.2) is 0 Å². The van der Waals surface area contributed by atoms with E-state index in [1.165, 1.54) is 19.1 Å². The third kappa shape index (κ3) is 3.30. The molecule has 3 N–H and O–H groups in total. The summed E-state index contributed by atoms with van der Waals surface area (Å²) in [6.07, 6.45) is -5.20. The fourth-order valence-corrected chi connectivity index (χ4v) is 1.39. The van der Waals surface area contributed by atoms with Gasteiger partial charge in [0, 0.05) is 32.7 Å². The summed E-state index contributed by atoms with van der Waals surface area (Å²) in [5.74, 6) is 0. The Balaban J connectivity index is 0.00000289. The zero-order valence-corrected chi connectivity index (χ0v) is 12.3. The molecule has 7 heteroatoms. The second-order valence-corrected chi connectivity index (χ2v) is 3.65. The standard InChI is InChI=1S/C11H10F3NO2.Y/c1-7-2-3-9(15)8(6-7)10(17,4-5-16)11(12,13)14;/h2-3,17H,4,15H2,1H3;/q-2;. The van der Waals surface area contributed by atoms with Crippen LogP contribution in [0.2, 0.25) is 0 Å². The van der Waals surface area contributed by atoms with E-state index in [1.54, 1.807) is 0 Å². The Kier molecular flexibility index (Phi) is 5.97. The molecular weight excluding hydrogens is 324 g/mol. The summed E-state index contributed by atoms with van der Waals surface area (Å²) < 4.78 is 38.4. The molecular formula is C11H10F3NO2Y-2. The van der Waals surface area contributed by atoms with Crippen LogP contribution in [0.25, 0.3) is 0 Å². The first-order valence-electron chi connectivity index (χ1n) is 4.65. The number of carbonyl (C=O) groups excluding carboxylic acids is 1. The fraction of sp³-hybridized carbons (Fsp3) is 0.364. The first kappa shape index (κ1) is 17.5. The molecule has 97 valence electrons. The number of rotatable bonds is 3. The summed E-state index contributed by atoms with van der Waals surface area (Å²) in [6.45, 7) is 1.50. The van der Waals surface area contributed by atoms with Crippen molar-refractivity contribution in [1.29, 1.82) is 0 Å². The van der Waals surface area contributed by atoms with Crippen LogP contribution in [0.5, 0.6) is 0 Å². The van der Waals surface area contributed by atoms with Crippen LogP contribution >= 0.6 is 0 Å². The van der Waals surface area contributed by atoms with Gasteiger partial charge in [-0.3, -0.25) is 6.29 Å². The number of hydrogen-bond acceptors (Lipinski definition) is 3. The molecule has 1 aromatic carbocycles. The second kappa shape index (κ2) is 6.13. The number of benzene rings is 1. The van der Waals surface area contributed by atoms with Crippen molar-refractivity contribution in [3.05, 3.63) is 29.3 Å². The number of nitrogens with two attached hydrogens (primary N) is 1. The van der Waals surface area contributed by atoms with E-state index in [9.17, 15) is 23.1 Å². The van der Waals surface area contributed by atoms with E-state index in [0.29, 0.717) is 5.56 Å². The van der Waals surface area contributed by atoms with Crippen LogP contribution in [0, 0.1) is 13.0 Å². The smallest absolute Gasteiger partial charge is 0.417 e. The summed E-state index contributed by atoms with van der Waals surface area (Å²) in [6, 6.07) is 5.02. The maximum Gasteiger partial charge on any atom is 0.417 e. The Hall–Kier alpha value is -0.456. The van der Waals surface area contributed by atoms with Crippen molar-refractivity contribution in [1.82, 2.24) is 0 Å².